The second kappa shape index (κ2) is 16.4. The number of hydrogen-bond acceptors (Lipinski definition) is 2. The van der Waals surface area contributed by atoms with E-state index in [1.165, 1.54) is 111 Å². The van der Waals surface area contributed by atoms with Crippen molar-refractivity contribution in [2.24, 2.45) is 0 Å². The van der Waals surface area contributed by atoms with Crippen LogP contribution in [-0.4, -0.2) is 0 Å². The van der Waals surface area contributed by atoms with E-state index in [2.05, 4.69) is 283 Å². The molecule has 0 bridgehead atoms. The molecule has 3 aliphatic carbocycles. The van der Waals surface area contributed by atoms with E-state index in [-0.39, 0.29) is 16.2 Å². The number of hydrogen-bond donors (Lipinski definition) is 0. The van der Waals surface area contributed by atoms with Gasteiger partial charge in [0.2, 0.25) is 0 Å². The summed E-state index contributed by atoms with van der Waals surface area (Å²) in [6.45, 7) is 14.6. The average Bonchev–Trinajstić information content (AvgIpc) is 4.28. The van der Waals surface area contributed by atoms with Gasteiger partial charge < -0.3 is 9.32 Å². The van der Waals surface area contributed by atoms with Crippen molar-refractivity contribution in [3.63, 3.8) is 0 Å². The zero-order valence-corrected chi connectivity index (χ0v) is 45.4. The van der Waals surface area contributed by atoms with Gasteiger partial charge in [-0.1, -0.05) is 248 Å². The molecule has 3 aliphatic rings. The van der Waals surface area contributed by atoms with Crippen molar-refractivity contribution in [2.75, 3.05) is 4.90 Å². The Labute approximate surface area is 461 Å². The smallest absolute Gasteiger partial charge is 0.138 e. The molecule has 0 unspecified atom stereocenters. The monoisotopic (exact) mass is 1010 g/mol. The summed E-state index contributed by atoms with van der Waals surface area (Å²) in [5, 5.41) is 7.13. The number of nitrogens with zero attached hydrogens (tertiary/aromatic N) is 1. The largest absolute Gasteiger partial charge is 0.456 e. The third-order valence-corrected chi connectivity index (χ3v) is 18.6. The lowest BCUT2D eigenvalue weighted by atomic mass is 9.75. The molecule has 0 saturated carbocycles. The van der Waals surface area contributed by atoms with Crippen molar-refractivity contribution in [3.05, 3.63) is 270 Å². The normalized spacial score (nSPS) is 14.8. The van der Waals surface area contributed by atoms with Gasteiger partial charge in [0.05, 0.1) is 17.1 Å². The van der Waals surface area contributed by atoms with E-state index >= 15 is 0 Å². The molecule has 2 nitrogen and oxygen atoms in total. The van der Waals surface area contributed by atoms with Crippen molar-refractivity contribution in [1.29, 1.82) is 0 Å². The molecule has 0 N–H and O–H groups in total. The first-order valence-electron chi connectivity index (χ1n) is 28.0. The molecule has 0 radical (unpaired) electrons. The Morgan fingerprint density at radius 2 is 0.709 bits per heavy atom. The summed E-state index contributed by atoms with van der Waals surface area (Å²) in [5.74, 6) is 0. The van der Waals surface area contributed by atoms with Gasteiger partial charge in [-0.2, -0.15) is 0 Å². The lowest BCUT2D eigenvalue weighted by Crippen LogP contribution is -2.19. The molecule has 2 heteroatoms. The first kappa shape index (κ1) is 45.9. The first-order valence-corrected chi connectivity index (χ1v) is 28.0. The van der Waals surface area contributed by atoms with E-state index < -0.39 is 0 Å². The SMILES string of the molecule is CC1(C)c2cc(-c3ccccc3)c3c(c2-c2c1cc(N(c1ccccc1-c1ccccc1)c1cc4oc5cc(-c6ccccc6)c6c(c5c4c4ccccc14)C(C)(C)c1ccccc1-6)c1ccccc21)C(C)(C)c1ccccc1-3. The van der Waals surface area contributed by atoms with Crippen LogP contribution < -0.4 is 4.90 Å². The molecular weight excluding hydrogens is 955 g/mol. The van der Waals surface area contributed by atoms with Crippen LogP contribution in [0.4, 0.5) is 17.1 Å². The third kappa shape index (κ3) is 6.23. The van der Waals surface area contributed by atoms with E-state index in [0.717, 1.165) is 50.1 Å². The molecule has 0 amide bonds. The van der Waals surface area contributed by atoms with Crippen LogP contribution in [0.15, 0.2) is 241 Å². The van der Waals surface area contributed by atoms with Crippen LogP contribution in [-0.2, 0) is 16.2 Å². The van der Waals surface area contributed by atoms with Gasteiger partial charge in [0.25, 0.3) is 0 Å². The molecule has 1 heterocycles. The van der Waals surface area contributed by atoms with Crippen molar-refractivity contribution in [3.8, 4) is 66.8 Å². The van der Waals surface area contributed by atoms with Crippen molar-refractivity contribution < 1.29 is 4.42 Å². The molecule has 16 rings (SSSR count). The molecule has 0 spiro atoms. The summed E-state index contributed by atoms with van der Waals surface area (Å²) >= 11 is 0. The second-order valence-electron chi connectivity index (χ2n) is 23.8. The molecule has 1 aromatic heterocycles. The van der Waals surface area contributed by atoms with E-state index in [9.17, 15) is 0 Å². The highest BCUT2D eigenvalue weighted by Crippen LogP contribution is 2.64. The molecule has 12 aromatic carbocycles. The second-order valence-corrected chi connectivity index (χ2v) is 23.8. The van der Waals surface area contributed by atoms with Gasteiger partial charge in [0.15, 0.2) is 0 Å². The third-order valence-electron chi connectivity index (χ3n) is 18.6. The zero-order chi connectivity index (χ0) is 53.1. The van der Waals surface area contributed by atoms with Crippen LogP contribution in [0.25, 0.3) is 110 Å². The Bertz CT molecular complexity index is 4730. The minimum Gasteiger partial charge on any atom is -0.456 e. The molecule has 0 atom stereocenters. The first-order chi connectivity index (χ1) is 38.5. The number of rotatable bonds is 6. The summed E-state index contributed by atoms with van der Waals surface area (Å²) in [7, 11) is 0. The quantitative estimate of drug-likeness (QED) is 0.165. The van der Waals surface area contributed by atoms with Gasteiger partial charge in [0, 0.05) is 49.4 Å². The average molecular weight is 1010 g/mol. The van der Waals surface area contributed by atoms with E-state index in [1.54, 1.807) is 0 Å². The lowest BCUT2D eigenvalue weighted by Gasteiger charge is -2.32. The highest BCUT2D eigenvalue weighted by molar-refractivity contribution is 6.26. The predicted molar refractivity (Wildman–Crippen MR) is 332 cm³/mol. The van der Waals surface area contributed by atoms with Gasteiger partial charge in [-0.15, -0.1) is 0 Å². The summed E-state index contributed by atoms with van der Waals surface area (Å²) in [4.78, 5) is 2.58. The maximum Gasteiger partial charge on any atom is 0.138 e. The fraction of sp³-hybridized carbons (Fsp3) is 0.117. The molecule has 376 valence electrons. The molecule has 0 fully saturated rings. The van der Waals surface area contributed by atoms with E-state index in [4.69, 9.17) is 4.42 Å². The molecule has 0 saturated heterocycles. The summed E-state index contributed by atoms with van der Waals surface area (Å²) < 4.78 is 7.46. The Hall–Kier alpha value is -9.24. The maximum atomic E-state index is 7.46. The van der Waals surface area contributed by atoms with E-state index in [1.807, 2.05) is 0 Å². The number of furan rings is 1. The number of anilines is 3. The Morgan fingerprint density at radius 3 is 1.33 bits per heavy atom. The van der Waals surface area contributed by atoms with Gasteiger partial charge in [-0.25, -0.2) is 0 Å². The minimum atomic E-state index is -0.372. The van der Waals surface area contributed by atoms with Gasteiger partial charge in [-0.05, 0) is 130 Å². The van der Waals surface area contributed by atoms with Crippen molar-refractivity contribution in [2.45, 2.75) is 57.8 Å². The van der Waals surface area contributed by atoms with Crippen LogP contribution >= 0.6 is 0 Å². The highest BCUT2D eigenvalue weighted by atomic mass is 16.3. The summed E-state index contributed by atoms with van der Waals surface area (Å²) in [6, 6.07) is 88.2. The molecular formula is C77H57NO. The van der Waals surface area contributed by atoms with Gasteiger partial charge in [-0.3, -0.25) is 0 Å². The van der Waals surface area contributed by atoms with Crippen LogP contribution in [0.2, 0.25) is 0 Å². The Balaban J connectivity index is 1.02. The van der Waals surface area contributed by atoms with Crippen molar-refractivity contribution >= 4 is 60.5 Å². The molecule has 79 heavy (non-hydrogen) atoms. The van der Waals surface area contributed by atoms with Crippen LogP contribution in [0.5, 0.6) is 0 Å². The van der Waals surface area contributed by atoms with Crippen LogP contribution in [0, 0.1) is 0 Å². The summed E-state index contributed by atoms with van der Waals surface area (Å²) in [5.41, 5.74) is 27.6. The Kier molecular flexibility index (Phi) is 9.53. The number of benzene rings is 12. The highest BCUT2D eigenvalue weighted by Gasteiger charge is 2.47. The fourth-order valence-corrected chi connectivity index (χ4v) is 15.0. The van der Waals surface area contributed by atoms with Crippen LogP contribution in [0.3, 0.4) is 0 Å². The number of para-hydroxylation sites is 1. The van der Waals surface area contributed by atoms with Crippen molar-refractivity contribution in [1.82, 2.24) is 0 Å². The number of fused-ring (bicyclic) bond motifs is 18. The van der Waals surface area contributed by atoms with Gasteiger partial charge >= 0.3 is 0 Å². The van der Waals surface area contributed by atoms with Gasteiger partial charge in [0.1, 0.15) is 11.2 Å². The molecule has 13 aromatic rings. The van der Waals surface area contributed by atoms with Crippen LogP contribution in [0.1, 0.15) is 74.9 Å². The molecule has 0 aliphatic heterocycles. The minimum absolute atomic E-state index is 0.250. The Morgan fingerprint density at radius 1 is 0.278 bits per heavy atom. The maximum absolute atomic E-state index is 7.46. The fourth-order valence-electron chi connectivity index (χ4n) is 15.0. The summed E-state index contributed by atoms with van der Waals surface area (Å²) in [6.07, 6.45) is 0. The zero-order valence-electron chi connectivity index (χ0n) is 45.4. The lowest BCUT2D eigenvalue weighted by molar-refractivity contribution is 0.648. The topological polar surface area (TPSA) is 16.4 Å². The van der Waals surface area contributed by atoms with E-state index in [0.29, 0.717) is 0 Å². The predicted octanol–water partition coefficient (Wildman–Crippen LogP) is 21.3. The standard InChI is InChI=1S/C77H57NO/c1-75(2)60-42-56(47-28-12-8-13-29-47)67-54-37-20-23-39-58(54)76(3,4)73(67)71(60)69-52-35-18-16-33-50(52)63(44-61(69)75)78(62-41-25-22-32-49(62)46-26-10-7-11-27-46)64-45-66-70(53-36-19-17-34-51(53)64)72-65(79-66)43-57(48-30-14-9-15-31-48)68-55-38-21-24-40-59(55)77(5,6)74(68)72/h7-45H,1-6H3.